The molecule has 1 fully saturated rings. The van der Waals surface area contributed by atoms with Crippen molar-refractivity contribution in [2.24, 2.45) is 10.9 Å². The number of ether oxygens (including phenoxy) is 3. The van der Waals surface area contributed by atoms with E-state index in [-0.39, 0.29) is 11.7 Å². The molecule has 9 nitrogen and oxygen atoms in total. The van der Waals surface area contributed by atoms with Gasteiger partial charge in [-0.25, -0.2) is 15.1 Å². The first-order chi connectivity index (χ1) is 23.3. The number of methoxy groups -OCH3 is 2. The summed E-state index contributed by atoms with van der Waals surface area (Å²) >= 11 is 5.01. The molecule has 6 atom stereocenters. The lowest BCUT2D eigenvalue weighted by Crippen LogP contribution is -2.51. The maximum absolute atomic E-state index is 13.7. The van der Waals surface area contributed by atoms with E-state index in [1.165, 1.54) is 12.3 Å². The number of hydrogen-bond acceptors (Lipinski definition) is 8. The van der Waals surface area contributed by atoms with E-state index in [0.717, 1.165) is 16.7 Å². The van der Waals surface area contributed by atoms with Crippen LogP contribution in [0.25, 0.3) is 0 Å². The van der Waals surface area contributed by atoms with Crippen molar-refractivity contribution in [3.05, 3.63) is 148 Å². The lowest BCUT2D eigenvalue weighted by atomic mass is 9.64. The molecule has 4 aromatic rings. The van der Waals surface area contributed by atoms with E-state index in [2.05, 4.69) is 10.3 Å². The van der Waals surface area contributed by atoms with Crippen molar-refractivity contribution in [1.82, 2.24) is 5.32 Å². The smallest absolute Gasteiger partial charge is 0.339 e. The van der Waals surface area contributed by atoms with Gasteiger partial charge in [-0.1, -0.05) is 84.6 Å². The minimum Gasteiger partial charge on any atom is -0.497 e. The molecule has 0 radical (unpaired) electrons. The fourth-order valence-electron chi connectivity index (χ4n) is 6.72. The second-order valence-corrected chi connectivity index (χ2v) is 12.5. The van der Waals surface area contributed by atoms with Crippen LogP contribution in [0.5, 0.6) is 11.5 Å². The van der Waals surface area contributed by atoms with Gasteiger partial charge < -0.3 is 19.3 Å². The molecule has 246 valence electrons. The Balaban J connectivity index is 1.37. The topological polar surface area (TPSA) is 109 Å². The van der Waals surface area contributed by atoms with Crippen molar-refractivity contribution in [3.63, 3.8) is 0 Å². The van der Waals surface area contributed by atoms with Gasteiger partial charge in [-0.2, -0.15) is 12.6 Å². The van der Waals surface area contributed by atoms with Crippen LogP contribution in [0.4, 0.5) is 0 Å². The quantitative estimate of drug-likeness (QED) is 0.116. The number of carbonyl (C=O) groups is 1. The minimum absolute atomic E-state index is 0.0504. The summed E-state index contributed by atoms with van der Waals surface area (Å²) in [6.45, 7) is 1.93. The molecule has 1 saturated heterocycles. The molecule has 2 heterocycles. The number of carbonyl (C=O) groups excluding carboxylic acids is 1. The first-order valence-electron chi connectivity index (χ1n) is 15.7. The summed E-state index contributed by atoms with van der Waals surface area (Å²) in [6.07, 6.45) is -0.834. The van der Waals surface area contributed by atoms with E-state index in [9.17, 15) is 14.8 Å². The van der Waals surface area contributed by atoms with E-state index in [4.69, 9.17) is 26.8 Å². The standard InChI is InChI=1S/C38H37N3O6S/c1-24-32(36-39-23-22-31(41(36)44)40-37(43)25-10-6-4-7-11-25)47-33(34(24)48)35(42)38(26-12-8-5-9-13-26,27-14-18-29(45-2)19-15-27)28-16-20-30(46-3)21-17-28/h4-24,32-36,42H,1-3H3,(H-,40,43,48)/p+1/t24-,32+,33-,34-,35?,36+/m0/s1. The summed E-state index contributed by atoms with van der Waals surface area (Å²) in [5, 5.41) is 15.0. The molecular weight excluding hydrogens is 627 g/mol. The molecule has 2 N–H and O–H groups in total. The third kappa shape index (κ3) is 6.03. The SMILES string of the molecule is COc1ccc(C(c2ccccc2)(c2ccc(OC)cc2)C(O)[C@H]2O[C@@H]([C@@H]3N=CC=C(NC(=O)c4ccccc4)[N+]3=O)[C@H](C)[C@@H]2S)cc1. The predicted molar refractivity (Wildman–Crippen MR) is 187 cm³/mol. The third-order valence-electron chi connectivity index (χ3n) is 9.30. The average Bonchev–Trinajstić information content (AvgIpc) is 3.43. The molecule has 2 aliphatic heterocycles. The summed E-state index contributed by atoms with van der Waals surface area (Å²) in [5.41, 5.74) is 1.74. The maximum Gasteiger partial charge on any atom is 0.339 e. The summed E-state index contributed by atoms with van der Waals surface area (Å²) in [5.74, 6) is 0.683. The van der Waals surface area contributed by atoms with Gasteiger partial charge in [0, 0.05) is 28.2 Å². The van der Waals surface area contributed by atoms with Crippen molar-refractivity contribution in [3.8, 4) is 11.5 Å². The molecular formula is C38H38N3O6S+. The summed E-state index contributed by atoms with van der Waals surface area (Å²) < 4.78 is 18.3. The Kier molecular flexibility index (Phi) is 9.77. The highest BCUT2D eigenvalue weighted by Crippen LogP contribution is 2.48. The van der Waals surface area contributed by atoms with Gasteiger partial charge in [0.2, 0.25) is 0 Å². The van der Waals surface area contributed by atoms with Gasteiger partial charge in [-0.05, 0) is 53.1 Å². The summed E-state index contributed by atoms with van der Waals surface area (Å²) in [7, 11) is 3.22. The van der Waals surface area contributed by atoms with Crippen molar-refractivity contribution in [1.29, 1.82) is 0 Å². The summed E-state index contributed by atoms with van der Waals surface area (Å²) in [6, 6.07) is 33.7. The Hall–Kier alpha value is -4.77. The Bertz CT molecular complexity index is 1750. The number of nitrogens with one attached hydrogen (secondary N) is 1. The monoisotopic (exact) mass is 664 g/mol. The van der Waals surface area contributed by atoms with Gasteiger partial charge in [0.25, 0.3) is 6.17 Å². The Morgan fingerprint density at radius 2 is 1.40 bits per heavy atom. The Morgan fingerprint density at radius 3 is 1.94 bits per heavy atom. The first-order valence-corrected chi connectivity index (χ1v) is 16.2. The zero-order chi connectivity index (χ0) is 33.8. The fraction of sp³-hybridized carbons (Fsp3) is 0.263. The molecule has 1 amide bonds. The highest BCUT2D eigenvalue weighted by atomic mass is 32.1. The molecule has 4 aromatic carbocycles. The van der Waals surface area contributed by atoms with Crippen LogP contribution >= 0.6 is 12.6 Å². The van der Waals surface area contributed by atoms with Gasteiger partial charge in [0.05, 0.1) is 37.4 Å². The molecule has 6 rings (SSSR count). The predicted octanol–water partition coefficient (Wildman–Crippen LogP) is 5.56. The largest absolute Gasteiger partial charge is 0.497 e. The number of benzene rings is 4. The number of aliphatic hydroxyl groups excluding tert-OH is 1. The number of amides is 1. The number of hydrogen-bond donors (Lipinski definition) is 3. The number of thiol groups is 1. The highest BCUT2D eigenvalue weighted by Gasteiger charge is 2.56. The van der Waals surface area contributed by atoms with Crippen LogP contribution in [-0.2, 0) is 10.2 Å². The maximum atomic E-state index is 13.7. The van der Waals surface area contributed by atoms with Crippen LogP contribution in [0.2, 0.25) is 0 Å². The van der Waals surface area contributed by atoms with Gasteiger partial charge in [0.1, 0.15) is 17.6 Å². The number of aliphatic hydroxyl groups is 1. The number of nitrogens with zero attached hydrogens (tertiary/aromatic N) is 2. The van der Waals surface area contributed by atoms with E-state index in [0.29, 0.717) is 21.8 Å². The highest BCUT2D eigenvalue weighted by molar-refractivity contribution is 7.81. The van der Waals surface area contributed by atoms with Crippen LogP contribution in [-0.4, -0.2) is 65.9 Å². The zero-order valence-electron chi connectivity index (χ0n) is 26.8. The molecule has 0 aromatic heterocycles. The third-order valence-corrected chi connectivity index (χ3v) is 10.1. The molecule has 10 heteroatoms. The van der Waals surface area contributed by atoms with E-state index in [1.807, 2.05) is 91.9 Å². The molecule has 0 bridgehead atoms. The minimum atomic E-state index is -1.18. The summed E-state index contributed by atoms with van der Waals surface area (Å²) in [4.78, 5) is 31.1. The number of allylic oxidation sites excluding steroid dienone is 1. The van der Waals surface area contributed by atoms with Gasteiger partial charge in [0.15, 0.2) is 0 Å². The van der Waals surface area contributed by atoms with Crippen LogP contribution in [0.15, 0.2) is 126 Å². The fourth-order valence-corrected chi connectivity index (χ4v) is 7.12. The van der Waals surface area contributed by atoms with E-state index < -0.39 is 41.0 Å². The van der Waals surface area contributed by atoms with Gasteiger partial charge in [-0.3, -0.25) is 0 Å². The van der Waals surface area contributed by atoms with Gasteiger partial charge in [-0.15, -0.1) is 0 Å². The van der Waals surface area contributed by atoms with Crippen LogP contribution in [0, 0.1) is 10.8 Å². The first kappa shape index (κ1) is 33.1. The van der Waals surface area contributed by atoms with Crippen molar-refractivity contribution < 1.29 is 28.9 Å². The van der Waals surface area contributed by atoms with Crippen molar-refractivity contribution >= 4 is 24.8 Å². The van der Waals surface area contributed by atoms with E-state index >= 15 is 0 Å². The van der Waals surface area contributed by atoms with Crippen LogP contribution in [0.1, 0.15) is 34.0 Å². The Labute approximate surface area is 285 Å². The molecule has 48 heavy (non-hydrogen) atoms. The van der Waals surface area contributed by atoms with Crippen molar-refractivity contribution in [2.75, 3.05) is 14.2 Å². The number of rotatable bonds is 10. The molecule has 0 saturated carbocycles. The van der Waals surface area contributed by atoms with E-state index in [1.54, 1.807) is 38.5 Å². The lowest BCUT2D eigenvalue weighted by molar-refractivity contribution is -0.555. The second kappa shape index (κ2) is 14.1. The number of nitroso groups, excluding NO2 is 1. The average molecular weight is 665 g/mol. The van der Waals surface area contributed by atoms with Crippen LogP contribution in [0.3, 0.4) is 0 Å². The second-order valence-electron chi connectivity index (χ2n) is 11.9. The molecule has 2 aliphatic rings. The van der Waals surface area contributed by atoms with Crippen LogP contribution < -0.4 is 14.8 Å². The molecule has 0 spiro atoms. The molecule has 0 aliphatic carbocycles. The Morgan fingerprint density at radius 1 is 0.875 bits per heavy atom. The van der Waals surface area contributed by atoms with Gasteiger partial charge >= 0.3 is 11.7 Å². The molecule has 1 unspecified atom stereocenters. The number of aliphatic imine (C=N–C) groups is 1. The van der Waals surface area contributed by atoms with Crippen molar-refractivity contribution in [2.45, 2.75) is 42.1 Å². The normalized spacial score (nSPS) is 22.9. The zero-order valence-corrected chi connectivity index (χ0v) is 27.7. The lowest BCUT2D eigenvalue weighted by Gasteiger charge is -2.43.